The van der Waals surface area contributed by atoms with Crippen molar-refractivity contribution in [3.63, 3.8) is 0 Å². The summed E-state index contributed by atoms with van der Waals surface area (Å²) in [7, 11) is 3.55. The average molecular weight is 464 g/mol. The number of rotatable bonds is 7. The van der Waals surface area contributed by atoms with E-state index in [1.807, 2.05) is 55.3 Å². The monoisotopic (exact) mass is 464 g/mol. The van der Waals surface area contributed by atoms with Gasteiger partial charge in [-0.05, 0) is 52.8 Å². The lowest BCUT2D eigenvalue weighted by Gasteiger charge is -2.08. The highest BCUT2D eigenvalue weighted by molar-refractivity contribution is 14.1. The zero-order valence-corrected chi connectivity index (χ0v) is 17.2. The molecule has 0 atom stereocenters. The predicted molar refractivity (Wildman–Crippen MR) is 109 cm³/mol. The van der Waals surface area contributed by atoms with Crippen molar-refractivity contribution < 1.29 is 9.47 Å². The van der Waals surface area contributed by atoms with Crippen LogP contribution in [0.3, 0.4) is 0 Å². The van der Waals surface area contributed by atoms with Crippen molar-refractivity contribution >= 4 is 28.2 Å². The fraction of sp³-hybridized carbons (Fsp3) is 0.263. The second kappa shape index (κ2) is 7.94. The second-order valence-corrected chi connectivity index (χ2v) is 6.85. The Morgan fingerprint density at radius 1 is 1.15 bits per heavy atom. The molecule has 0 amide bonds. The van der Waals surface area contributed by atoms with Crippen LogP contribution in [0.15, 0.2) is 43.2 Å². The molecule has 0 aliphatic carbocycles. The number of hydrogen-bond donors (Lipinski definition) is 0. The van der Waals surface area contributed by atoms with Crippen LogP contribution in [0, 0.1) is 3.70 Å². The Bertz CT molecular complexity index is 912. The van der Waals surface area contributed by atoms with Gasteiger partial charge in [-0.3, -0.25) is 9.36 Å². The van der Waals surface area contributed by atoms with Gasteiger partial charge in [0.1, 0.15) is 16.1 Å². The molecule has 1 aromatic carbocycles. The number of methoxy groups -OCH3 is 1. The quantitative estimate of drug-likeness (QED) is 0.498. The summed E-state index contributed by atoms with van der Waals surface area (Å²) in [6.45, 7) is 7.48. The number of hydrogen-bond acceptors (Lipinski definition) is 4. The Labute approximate surface area is 166 Å². The van der Waals surface area contributed by atoms with E-state index in [4.69, 9.17) is 9.47 Å². The zero-order chi connectivity index (χ0) is 18.7. The van der Waals surface area contributed by atoms with E-state index in [1.165, 1.54) is 0 Å². The molecule has 0 aliphatic rings. The van der Waals surface area contributed by atoms with Gasteiger partial charge in [0.15, 0.2) is 0 Å². The van der Waals surface area contributed by atoms with E-state index in [2.05, 4.69) is 39.4 Å². The molecule has 0 spiro atoms. The maximum atomic E-state index is 6.01. The van der Waals surface area contributed by atoms with Crippen LogP contribution in [0.25, 0.3) is 5.57 Å². The minimum absolute atomic E-state index is 0.426. The number of nitrogens with zero attached hydrogens (tertiary/aromatic N) is 4. The van der Waals surface area contributed by atoms with Crippen molar-refractivity contribution in [1.29, 1.82) is 0 Å². The molecule has 136 valence electrons. The Balaban J connectivity index is 1.83. The van der Waals surface area contributed by atoms with Gasteiger partial charge < -0.3 is 9.47 Å². The normalized spacial score (nSPS) is 10.8. The van der Waals surface area contributed by atoms with Crippen LogP contribution in [0.5, 0.6) is 11.6 Å². The molecule has 0 bridgehead atoms. The lowest BCUT2D eigenvalue weighted by Crippen LogP contribution is -1.99. The summed E-state index contributed by atoms with van der Waals surface area (Å²) >= 11 is 2.22. The van der Waals surface area contributed by atoms with Crippen LogP contribution in [0.2, 0.25) is 0 Å². The van der Waals surface area contributed by atoms with Gasteiger partial charge in [0.05, 0.1) is 12.7 Å². The van der Waals surface area contributed by atoms with Crippen LogP contribution in [0.4, 0.5) is 0 Å². The largest absolute Gasteiger partial charge is 0.497 e. The van der Waals surface area contributed by atoms with Crippen molar-refractivity contribution in [2.45, 2.75) is 20.1 Å². The van der Waals surface area contributed by atoms with E-state index in [0.29, 0.717) is 12.5 Å². The van der Waals surface area contributed by atoms with E-state index >= 15 is 0 Å². The van der Waals surface area contributed by atoms with E-state index in [1.54, 1.807) is 11.8 Å². The van der Waals surface area contributed by atoms with Crippen LogP contribution in [0.1, 0.15) is 23.6 Å². The van der Waals surface area contributed by atoms with Crippen LogP contribution >= 0.6 is 22.6 Å². The van der Waals surface area contributed by atoms with Gasteiger partial charge in [0.25, 0.3) is 0 Å². The molecule has 0 saturated heterocycles. The molecule has 3 rings (SSSR count). The lowest BCUT2D eigenvalue weighted by atomic mass is 10.1. The standard InChI is InChI=1S/C19H21IN4O2/c1-5-24-11-17(13(2)16-10-23(3)21-18(16)20)19(22-24)26-12-14-6-8-15(25-4)9-7-14/h6-11H,2,5,12H2,1,3-4H3. The van der Waals surface area contributed by atoms with Gasteiger partial charge in [0.2, 0.25) is 5.88 Å². The van der Waals surface area contributed by atoms with Crippen LogP contribution in [-0.4, -0.2) is 26.7 Å². The van der Waals surface area contributed by atoms with E-state index in [0.717, 1.165) is 38.3 Å². The third-order valence-corrected chi connectivity index (χ3v) is 4.82. The molecule has 7 heteroatoms. The van der Waals surface area contributed by atoms with Gasteiger partial charge in [-0.15, -0.1) is 5.10 Å². The third kappa shape index (κ3) is 3.92. The predicted octanol–water partition coefficient (Wildman–Crippen LogP) is 3.89. The lowest BCUT2D eigenvalue weighted by molar-refractivity contribution is 0.289. The molecule has 0 fully saturated rings. The van der Waals surface area contributed by atoms with Crippen molar-refractivity contribution in [3.8, 4) is 11.6 Å². The molecule has 0 N–H and O–H groups in total. The third-order valence-electron chi connectivity index (χ3n) is 4.02. The molecule has 0 saturated carbocycles. The maximum Gasteiger partial charge on any atom is 0.241 e. The Morgan fingerprint density at radius 2 is 1.88 bits per heavy atom. The first-order chi connectivity index (χ1) is 12.5. The number of aryl methyl sites for hydroxylation is 2. The van der Waals surface area contributed by atoms with E-state index in [-0.39, 0.29) is 0 Å². The molecule has 2 aromatic heterocycles. The molecule has 2 heterocycles. The Kier molecular flexibility index (Phi) is 5.65. The summed E-state index contributed by atoms with van der Waals surface area (Å²) in [5.41, 5.74) is 3.76. The summed E-state index contributed by atoms with van der Waals surface area (Å²) in [5, 5.41) is 8.93. The number of ether oxygens (including phenoxy) is 2. The number of halogens is 1. The maximum absolute atomic E-state index is 6.01. The van der Waals surface area contributed by atoms with Gasteiger partial charge >= 0.3 is 0 Å². The SMILES string of the molecule is C=C(c1cn(C)nc1I)c1cn(CC)nc1OCc1ccc(OC)cc1. The molecule has 0 radical (unpaired) electrons. The zero-order valence-electron chi connectivity index (χ0n) is 15.1. The van der Waals surface area contributed by atoms with Gasteiger partial charge in [-0.1, -0.05) is 18.7 Å². The minimum atomic E-state index is 0.426. The van der Waals surface area contributed by atoms with Crippen molar-refractivity contribution in [1.82, 2.24) is 19.6 Å². The van der Waals surface area contributed by atoms with E-state index in [9.17, 15) is 0 Å². The Morgan fingerprint density at radius 3 is 2.46 bits per heavy atom. The topological polar surface area (TPSA) is 54.1 Å². The van der Waals surface area contributed by atoms with Gasteiger partial charge in [-0.2, -0.15) is 5.10 Å². The first-order valence-corrected chi connectivity index (χ1v) is 9.31. The van der Waals surface area contributed by atoms with Crippen LogP contribution < -0.4 is 9.47 Å². The fourth-order valence-corrected chi connectivity index (χ4v) is 3.37. The summed E-state index contributed by atoms with van der Waals surface area (Å²) in [4.78, 5) is 0. The average Bonchev–Trinajstić information content (AvgIpc) is 3.22. The molecule has 0 unspecified atom stereocenters. The number of benzene rings is 1. The molecule has 6 nitrogen and oxygen atoms in total. The Hall–Kier alpha value is -2.29. The minimum Gasteiger partial charge on any atom is -0.497 e. The summed E-state index contributed by atoms with van der Waals surface area (Å²) in [6.07, 6.45) is 3.93. The summed E-state index contributed by atoms with van der Waals surface area (Å²) in [5.74, 6) is 1.40. The highest BCUT2D eigenvalue weighted by Crippen LogP contribution is 2.31. The smallest absolute Gasteiger partial charge is 0.241 e. The van der Waals surface area contributed by atoms with Crippen molar-refractivity contribution in [2.24, 2.45) is 7.05 Å². The first kappa shape index (κ1) is 18.5. The summed E-state index contributed by atoms with van der Waals surface area (Å²) in [6, 6.07) is 7.80. The number of aromatic nitrogens is 4. The molecular weight excluding hydrogens is 443 g/mol. The first-order valence-electron chi connectivity index (χ1n) is 8.23. The second-order valence-electron chi connectivity index (χ2n) is 5.83. The molecule has 3 aromatic rings. The molecule has 0 aliphatic heterocycles. The van der Waals surface area contributed by atoms with Crippen molar-refractivity contribution in [3.05, 3.63) is 63.6 Å². The van der Waals surface area contributed by atoms with E-state index < -0.39 is 0 Å². The summed E-state index contributed by atoms with van der Waals surface area (Å²) < 4.78 is 15.7. The highest BCUT2D eigenvalue weighted by atomic mass is 127. The van der Waals surface area contributed by atoms with Crippen molar-refractivity contribution in [2.75, 3.05) is 7.11 Å². The van der Waals surface area contributed by atoms with Gasteiger partial charge in [0, 0.05) is 31.5 Å². The van der Waals surface area contributed by atoms with Crippen LogP contribution in [-0.2, 0) is 20.2 Å². The van der Waals surface area contributed by atoms with Gasteiger partial charge in [-0.25, -0.2) is 0 Å². The molecule has 26 heavy (non-hydrogen) atoms. The highest BCUT2D eigenvalue weighted by Gasteiger charge is 2.18. The fourth-order valence-electron chi connectivity index (χ4n) is 2.56. The molecular formula is C19H21IN4O2.